The Kier molecular flexibility index (Phi) is 3.77. The minimum absolute atomic E-state index is 0.0222. The molecule has 0 spiro atoms. The molecule has 7 heteroatoms. The zero-order valence-corrected chi connectivity index (χ0v) is 11.4. The number of rotatable bonds is 3. The van der Waals surface area contributed by atoms with Crippen LogP contribution in [0.15, 0.2) is 23.1 Å². The Bertz CT molecular complexity index is 598. The fourth-order valence-electron chi connectivity index (χ4n) is 1.98. The van der Waals surface area contributed by atoms with E-state index in [-0.39, 0.29) is 10.8 Å². The first-order valence-corrected chi connectivity index (χ1v) is 7.58. The van der Waals surface area contributed by atoms with Crippen LogP contribution < -0.4 is 14.8 Å². The van der Waals surface area contributed by atoms with Gasteiger partial charge in [-0.2, -0.15) is 0 Å². The first-order valence-electron chi connectivity index (χ1n) is 6.03. The molecule has 1 aliphatic rings. The summed E-state index contributed by atoms with van der Waals surface area (Å²) in [5, 5.41) is 5.10. The molecule has 0 aliphatic carbocycles. The van der Waals surface area contributed by atoms with E-state index in [0.29, 0.717) is 31.0 Å². The maximum absolute atomic E-state index is 12.0. The molecule has 1 aliphatic heterocycles. The van der Waals surface area contributed by atoms with Crippen LogP contribution in [0, 0.1) is 0 Å². The summed E-state index contributed by atoms with van der Waals surface area (Å²) in [5.74, 6) is 0.460. The summed E-state index contributed by atoms with van der Waals surface area (Å²) in [5.41, 5.74) is 0.469. The molecule has 2 rings (SSSR count). The van der Waals surface area contributed by atoms with Gasteiger partial charge >= 0.3 is 0 Å². The molecule has 1 heterocycles. The Morgan fingerprint density at radius 2 is 2.21 bits per heavy atom. The molecule has 0 fully saturated rings. The third kappa shape index (κ3) is 2.87. The van der Waals surface area contributed by atoms with Gasteiger partial charge in [-0.05, 0) is 24.6 Å². The summed E-state index contributed by atoms with van der Waals surface area (Å²) in [6.07, 6.45) is 1.15. The van der Waals surface area contributed by atoms with Crippen LogP contribution in [0.4, 0.5) is 5.69 Å². The molecule has 0 unspecified atom stereocenters. The van der Waals surface area contributed by atoms with Crippen LogP contribution in [0.1, 0.15) is 19.8 Å². The average molecular weight is 284 g/mol. The van der Waals surface area contributed by atoms with Gasteiger partial charge in [-0.15, -0.1) is 0 Å². The van der Waals surface area contributed by atoms with Gasteiger partial charge in [-0.3, -0.25) is 4.79 Å². The maximum Gasteiger partial charge on any atom is 0.238 e. The van der Waals surface area contributed by atoms with Crippen LogP contribution in [-0.4, -0.2) is 27.5 Å². The first-order chi connectivity index (χ1) is 8.93. The summed E-state index contributed by atoms with van der Waals surface area (Å²) in [4.78, 5) is 13.5. The number of carbonyl (C=O) groups excluding carboxylic acids is 1. The molecule has 0 radical (unpaired) electrons. The lowest BCUT2D eigenvalue weighted by Crippen LogP contribution is -2.37. The predicted octanol–water partition coefficient (Wildman–Crippen LogP) is 0.859. The summed E-state index contributed by atoms with van der Waals surface area (Å²) in [6.45, 7) is 2.73. The number of nitrogens with two attached hydrogens (primary N) is 1. The summed E-state index contributed by atoms with van der Waals surface area (Å²) < 4.78 is 28.1. The van der Waals surface area contributed by atoms with Crippen molar-refractivity contribution >= 4 is 21.6 Å². The zero-order valence-electron chi connectivity index (χ0n) is 10.6. The van der Waals surface area contributed by atoms with Crippen LogP contribution in [0.5, 0.6) is 5.75 Å². The minimum Gasteiger partial charge on any atom is -0.490 e. The SMILES string of the molecule is CCCC(=O)N1CCOc2ccc(S(N)(=O)=O)cc21. The second kappa shape index (κ2) is 5.18. The Morgan fingerprint density at radius 1 is 1.47 bits per heavy atom. The quantitative estimate of drug-likeness (QED) is 0.891. The lowest BCUT2D eigenvalue weighted by Gasteiger charge is -2.29. The molecule has 1 aromatic rings. The molecule has 2 N–H and O–H groups in total. The third-order valence-corrected chi connectivity index (χ3v) is 3.80. The molecule has 1 amide bonds. The number of ether oxygens (including phenoxy) is 1. The van der Waals surface area contributed by atoms with E-state index in [9.17, 15) is 13.2 Å². The average Bonchev–Trinajstić information content (AvgIpc) is 2.36. The number of anilines is 1. The normalized spacial score (nSPS) is 14.7. The number of primary sulfonamides is 1. The Balaban J connectivity index is 2.44. The topological polar surface area (TPSA) is 89.7 Å². The molecular formula is C12H16N2O4S. The van der Waals surface area contributed by atoms with Crippen LogP contribution in [0.25, 0.3) is 0 Å². The number of sulfonamides is 1. The number of amides is 1. The highest BCUT2D eigenvalue weighted by Gasteiger charge is 2.24. The summed E-state index contributed by atoms with van der Waals surface area (Å²) in [6, 6.07) is 4.29. The van der Waals surface area contributed by atoms with Crippen LogP contribution >= 0.6 is 0 Å². The van der Waals surface area contributed by atoms with Gasteiger partial charge in [0.1, 0.15) is 12.4 Å². The molecule has 0 aromatic heterocycles. The van der Waals surface area contributed by atoms with Crippen molar-refractivity contribution in [2.24, 2.45) is 5.14 Å². The van der Waals surface area contributed by atoms with Gasteiger partial charge in [0.25, 0.3) is 0 Å². The van der Waals surface area contributed by atoms with Crippen LogP contribution in [0.3, 0.4) is 0 Å². The van der Waals surface area contributed by atoms with Crippen molar-refractivity contribution in [1.29, 1.82) is 0 Å². The zero-order chi connectivity index (χ0) is 14.0. The van der Waals surface area contributed by atoms with E-state index in [2.05, 4.69) is 0 Å². The summed E-state index contributed by atoms with van der Waals surface area (Å²) >= 11 is 0. The largest absolute Gasteiger partial charge is 0.490 e. The number of benzene rings is 1. The molecular weight excluding hydrogens is 268 g/mol. The van der Waals surface area contributed by atoms with E-state index in [0.717, 1.165) is 6.42 Å². The van der Waals surface area contributed by atoms with Gasteiger partial charge in [-0.1, -0.05) is 6.92 Å². The monoisotopic (exact) mass is 284 g/mol. The highest BCUT2D eigenvalue weighted by molar-refractivity contribution is 7.89. The second-order valence-corrected chi connectivity index (χ2v) is 5.88. The molecule has 0 saturated carbocycles. The lowest BCUT2D eigenvalue weighted by atomic mass is 10.2. The number of carbonyl (C=O) groups is 1. The molecule has 104 valence electrons. The van der Waals surface area contributed by atoms with E-state index in [1.807, 2.05) is 6.92 Å². The van der Waals surface area contributed by atoms with Gasteiger partial charge < -0.3 is 9.64 Å². The summed E-state index contributed by atoms with van der Waals surface area (Å²) in [7, 11) is -3.79. The molecule has 1 aromatic carbocycles. The second-order valence-electron chi connectivity index (χ2n) is 4.32. The van der Waals surface area contributed by atoms with E-state index in [4.69, 9.17) is 9.88 Å². The fraction of sp³-hybridized carbons (Fsp3) is 0.417. The molecule has 0 bridgehead atoms. The van der Waals surface area contributed by atoms with E-state index >= 15 is 0 Å². The number of nitrogens with zero attached hydrogens (tertiary/aromatic N) is 1. The lowest BCUT2D eigenvalue weighted by molar-refractivity contribution is -0.118. The van der Waals surface area contributed by atoms with Crippen molar-refractivity contribution in [1.82, 2.24) is 0 Å². The van der Waals surface area contributed by atoms with Crippen LogP contribution in [0.2, 0.25) is 0 Å². The third-order valence-electron chi connectivity index (χ3n) is 2.89. The van der Waals surface area contributed by atoms with Crippen molar-refractivity contribution in [3.05, 3.63) is 18.2 Å². The van der Waals surface area contributed by atoms with Gasteiger partial charge in [0.2, 0.25) is 15.9 Å². The van der Waals surface area contributed by atoms with Crippen molar-refractivity contribution in [3.8, 4) is 5.75 Å². The predicted molar refractivity (Wildman–Crippen MR) is 70.6 cm³/mol. The number of fused-ring (bicyclic) bond motifs is 1. The molecule has 0 atom stereocenters. The Hall–Kier alpha value is -1.60. The van der Waals surface area contributed by atoms with Crippen LogP contribution in [-0.2, 0) is 14.8 Å². The number of hydrogen-bond donors (Lipinski definition) is 1. The van der Waals surface area contributed by atoms with Crippen molar-refractivity contribution < 1.29 is 17.9 Å². The van der Waals surface area contributed by atoms with E-state index in [1.54, 1.807) is 4.90 Å². The molecule has 19 heavy (non-hydrogen) atoms. The highest BCUT2D eigenvalue weighted by Crippen LogP contribution is 2.33. The minimum atomic E-state index is -3.79. The van der Waals surface area contributed by atoms with Gasteiger partial charge in [0.15, 0.2) is 0 Å². The standard InChI is InChI=1S/C12H16N2O4S/c1-2-3-12(15)14-6-7-18-11-5-4-9(8-10(11)14)19(13,16)17/h4-5,8H,2-3,6-7H2,1H3,(H2,13,16,17). The smallest absolute Gasteiger partial charge is 0.238 e. The van der Waals surface area contributed by atoms with Crippen molar-refractivity contribution in [2.75, 3.05) is 18.1 Å². The maximum atomic E-state index is 12.0. The Morgan fingerprint density at radius 3 is 2.84 bits per heavy atom. The fourth-order valence-corrected chi connectivity index (χ4v) is 2.52. The Labute approximate surface area is 112 Å². The number of hydrogen-bond acceptors (Lipinski definition) is 4. The van der Waals surface area contributed by atoms with Crippen molar-refractivity contribution in [2.45, 2.75) is 24.7 Å². The van der Waals surface area contributed by atoms with E-state index in [1.165, 1.54) is 18.2 Å². The molecule has 6 nitrogen and oxygen atoms in total. The molecule has 0 saturated heterocycles. The van der Waals surface area contributed by atoms with Gasteiger partial charge in [-0.25, -0.2) is 13.6 Å². The van der Waals surface area contributed by atoms with Crippen molar-refractivity contribution in [3.63, 3.8) is 0 Å². The van der Waals surface area contributed by atoms with E-state index < -0.39 is 10.0 Å². The first kappa shape index (κ1) is 13.8. The highest BCUT2D eigenvalue weighted by atomic mass is 32.2. The van der Waals surface area contributed by atoms with Gasteiger partial charge in [0, 0.05) is 6.42 Å². The van der Waals surface area contributed by atoms with Gasteiger partial charge in [0.05, 0.1) is 17.1 Å².